The van der Waals surface area contributed by atoms with Gasteiger partial charge in [0.1, 0.15) is 18.4 Å². The third kappa shape index (κ3) is 4.12. The summed E-state index contributed by atoms with van der Waals surface area (Å²) in [5, 5.41) is 2.53. The lowest BCUT2D eigenvalue weighted by molar-refractivity contribution is -0.0868. The number of hydrazine groups is 2. The zero-order chi connectivity index (χ0) is 11.1. The summed E-state index contributed by atoms with van der Waals surface area (Å²) in [5.41, 5.74) is 0. The lowest BCUT2D eigenvalue weighted by Gasteiger charge is -2.46. The molecule has 84 valence electrons. The molecule has 1 saturated heterocycles. The molecule has 0 N–H and O–H groups in total. The van der Waals surface area contributed by atoms with Gasteiger partial charge in [-0.2, -0.15) is 5.12 Å². The van der Waals surface area contributed by atoms with E-state index in [9.17, 15) is 0 Å². The Kier molecular flexibility index (Phi) is 7.02. The van der Waals surface area contributed by atoms with Crippen LogP contribution in [-0.2, 0) is 0 Å². The van der Waals surface area contributed by atoms with Crippen LogP contribution in [0.2, 0.25) is 0 Å². The summed E-state index contributed by atoms with van der Waals surface area (Å²) >= 11 is 0. The third-order valence-electron chi connectivity index (χ3n) is 2.22. The van der Waals surface area contributed by atoms with Gasteiger partial charge in [0, 0.05) is 19.6 Å². The second-order valence-corrected chi connectivity index (χ2v) is 9.76. The molecule has 1 heterocycles. The van der Waals surface area contributed by atoms with Gasteiger partial charge in [-0.15, -0.1) is 0 Å². The van der Waals surface area contributed by atoms with E-state index in [0.29, 0.717) is 0 Å². The molecule has 3 nitrogen and oxygen atoms in total. The molecule has 1 rings (SSSR count). The average molecular weight is 256 g/mol. The Morgan fingerprint density at radius 1 is 0.733 bits per heavy atom. The van der Waals surface area contributed by atoms with E-state index in [-0.39, 0.29) is 0 Å². The van der Waals surface area contributed by atoms with Gasteiger partial charge in [0.15, 0.2) is 0 Å². The van der Waals surface area contributed by atoms with Crippen molar-refractivity contribution in [2.45, 2.75) is 40.0 Å². The van der Waals surface area contributed by atoms with Crippen LogP contribution in [-0.4, -0.2) is 61.1 Å². The molecule has 0 aromatic carbocycles. The molecule has 0 unspecified atom stereocenters. The fourth-order valence-electron chi connectivity index (χ4n) is 1.61. The summed E-state index contributed by atoms with van der Waals surface area (Å²) in [4.78, 5) is 0. The van der Waals surface area contributed by atoms with Crippen LogP contribution in [0.3, 0.4) is 0 Å². The van der Waals surface area contributed by atoms with Gasteiger partial charge in [0.2, 0.25) is 0 Å². The maximum Gasteiger partial charge on any atom is 0.142 e. The molecule has 6 heteroatoms. The van der Waals surface area contributed by atoms with E-state index in [1.165, 1.54) is 38.9 Å². The average Bonchev–Trinajstić information content (AvgIpc) is 2.23. The zero-order valence-corrected chi connectivity index (χ0v) is 13.1. The number of nitrogens with zero attached hydrogens (tertiary/aromatic N) is 3. The van der Waals surface area contributed by atoms with Gasteiger partial charge in [-0.25, -0.2) is 0 Å². The zero-order valence-electron chi connectivity index (χ0n) is 10.1. The van der Waals surface area contributed by atoms with Crippen molar-refractivity contribution in [2.24, 2.45) is 0 Å². The molecule has 1 aliphatic rings. The highest BCUT2D eigenvalue weighted by Gasteiger charge is 2.26. The van der Waals surface area contributed by atoms with Gasteiger partial charge in [-0.05, 0) is 19.3 Å². The van der Waals surface area contributed by atoms with Crippen LogP contribution in [0.4, 0.5) is 0 Å². The van der Waals surface area contributed by atoms with E-state index >= 15 is 0 Å². The highest BCUT2D eigenvalue weighted by molar-refractivity contribution is 7.28. The van der Waals surface area contributed by atoms with E-state index < -0.39 is 0 Å². The van der Waals surface area contributed by atoms with Gasteiger partial charge in [-0.3, -0.25) is 9.35 Å². The van der Waals surface area contributed by atoms with Crippen LogP contribution in [0.5, 0.6) is 0 Å². The van der Waals surface area contributed by atoms with Crippen molar-refractivity contribution in [2.75, 3.05) is 19.6 Å². The molecule has 1 fully saturated rings. The Labute approximate surface area is 101 Å². The van der Waals surface area contributed by atoms with Gasteiger partial charge >= 0.3 is 0 Å². The smallest absolute Gasteiger partial charge is 0.142 e. The summed E-state index contributed by atoms with van der Waals surface area (Å²) in [6.45, 7) is 10.5. The van der Waals surface area contributed by atoms with Crippen LogP contribution < -0.4 is 0 Å². The Balaban J connectivity index is 2.53. The van der Waals surface area contributed by atoms with Crippen molar-refractivity contribution >= 4 is 27.0 Å². The van der Waals surface area contributed by atoms with E-state index in [2.05, 4.69) is 35.2 Å². The minimum Gasteiger partial charge on any atom is -0.257 e. The Bertz CT molecular complexity index is 153. The molecule has 0 amide bonds. The summed E-state index contributed by atoms with van der Waals surface area (Å²) < 4.78 is 5.15. The van der Waals surface area contributed by atoms with Crippen molar-refractivity contribution in [3.05, 3.63) is 0 Å². The number of rotatable bonds is 6. The molecule has 0 aromatic heterocycles. The normalized spacial score (nSPS) is 21.0. The van der Waals surface area contributed by atoms with E-state index in [1.54, 1.807) is 0 Å². The number of hydrogen-bond acceptors (Lipinski definition) is 3. The largest absolute Gasteiger partial charge is 0.257 e. The first-order valence-corrected chi connectivity index (χ1v) is 10.8. The minimum absolute atomic E-state index is 1.04. The Hall–Kier alpha value is 0.531. The summed E-state index contributed by atoms with van der Waals surface area (Å²) in [6.07, 6.45) is 3.78. The van der Waals surface area contributed by atoms with Crippen molar-refractivity contribution in [3.63, 3.8) is 0 Å². The van der Waals surface area contributed by atoms with Crippen LogP contribution in [0.15, 0.2) is 0 Å². The monoisotopic (exact) mass is 255 g/mol. The van der Waals surface area contributed by atoms with E-state index in [0.717, 1.165) is 27.0 Å². The lowest BCUT2D eigenvalue weighted by Crippen LogP contribution is -2.64. The van der Waals surface area contributed by atoms with Crippen molar-refractivity contribution < 1.29 is 0 Å². The molecule has 0 bridgehead atoms. The maximum absolute atomic E-state index is 2.58. The standard InChI is InChI=1S/C9H21N3Si3/c1-4-7-10-11(8-5-2)13-15-14-12(10)9-6-3/h4-9H2,1-3H3. The van der Waals surface area contributed by atoms with Crippen LogP contribution in [0.25, 0.3) is 0 Å². The first kappa shape index (κ1) is 13.6. The molecule has 0 atom stereocenters. The topological polar surface area (TPSA) is 9.72 Å². The summed E-state index contributed by atoms with van der Waals surface area (Å²) in [7, 11) is 3.21. The van der Waals surface area contributed by atoms with Crippen molar-refractivity contribution in [3.8, 4) is 0 Å². The molecular weight excluding hydrogens is 234 g/mol. The predicted octanol–water partition coefficient (Wildman–Crippen LogP) is 0.739. The van der Waals surface area contributed by atoms with Gasteiger partial charge in [-0.1, -0.05) is 20.8 Å². The highest BCUT2D eigenvalue weighted by Crippen LogP contribution is 2.08. The van der Waals surface area contributed by atoms with Crippen molar-refractivity contribution in [1.29, 1.82) is 0 Å². The Morgan fingerprint density at radius 2 is 1.20 bits per heavy atom. The fraction of sp³-hybridized carbons (Fsp3) is 1.00. The van der Waals surface area contributed by atoms with E-state index in [1.807, 2.05) is 0 Å². The summed E-state index contributed by atoms with van der Waals surface area (Å²) in [5.74, 6) is 0. The van der Waals surface area contributed by atoms with Gasteiger partial charge < -0.3 is 0 Å². The lowest BCUT2D eigenvalue weighted by atomic mass is 10.5. The molecule has 0 spiro atoms. The third-order valence-corrected chi connectivity index (χ3v) is 8.10. The first-order valence-electron chi connectivity index (χ1n) is 5.92. The van der Waals surface area contributed by atoms with Gasteiger partial charge in [0.25, 0.3) is 0 Å². The minimum atomic E-state index is 1.04. The second kappa shape index (κ2) is 7.75. The maximum atomic E-state index is 2.58. The molecule has 6 radical (unpaired) electrons. The van der Waals surface area contributed by atoms with E-state index in [4.69, 9.17) is 0 Å². The second-order valence-electron chi connectivity index (χ2n) is 3.69. The summed E-state index contributed by atoms with van der Waals surface area (Å²) in [6, 6.07) is 0. The first-order chi connectivity index (χ1) is 7.33. The molecular formula is C9H21N3Si3. The van der Waals surface area contributed by atoms with Crippen LogP contribution in [0, 0.1) is 0 Å². The molecule has 1 aliphatic heterocycles. The number of hydrogen-bond donors (Lipinski definition) is 0. The SMILES string of the molecule is CCCN1[Si][Si][Si]N(CCC)N1CCC. The molecule has 0 saturated carbocycles. The molecule has 0 aromatic rings. The fourth-order valence-corrected chi connectivity index (χ4v) is 8.38. The molecule has 0 aliphatic carbocycles. The predicted molar refractivity (Wildman–Crippen MR) is 68.3 cm³/mol. The quantitative estimate of drug-likeness (QED) is 0.648. The van der Waals surface area contributed by atoms with Gasteiger partial charge in [0.05, 0.1) is 8.55 Å². The van der Waals surface area contributed by atoms with Crippen LogP contribution in [0.1, 0.15) is 40.0 Å². The molecule has 15 heavy (non-hydrogen) atoms. The highest BCUT2D eigenvalue weighted by atomic mass is 29.5. The Morgan fingerprint density at radius 3 is 1.60 bits per heavy atom. The van der Waals surface area contributed by atoms with Crippen LogP contribution >= 0.6 is 0 Å². The van der Waals surface area contributed by atoms with Crippen molar-refractivity contribution in [1.82, 2.24) is 14.5 Å².